The van der Waals surface area contributed by atoms with Crippen molar-refractivity contribution in [1.82, 2.24) is 9.73 Å². The molecule has 0 aromatic carbocycles. The molecule has 0 bridgehead atoms. The Balaban J connectivity index is 1.98. The standard InChI is InChI=1S/C15H23N3OS2/c1-5-13(18(3)16-2)14-8-9-15(20-14)21(4)17-11-12-7-6-10-19-12/h5,8-9,12,17H,2,4,6-7,10-11H2,1,3H3/b13-5-. The van der Waals surface area contributed by atoms with Gasteiger partial charge in [-0.25, -0.2) is 0 Å². The van der Waals surface area contributed by atoms with Gasteiger partial charge >= 0.3 is 0 Å². The molecule has 1 saturated heterocycles. The lowest BCUT2D eigenvalue weighted by atomic mass is 10.2. The third-order valence-corrected chi connectivity index (χ3v) is 6.31. The maximum Gasteiger partial charge on any atom is 0.0720 e. The van der Waals surface area contributed by atoms with Crippen molar-refractivity contribution in [3.8, 4) is 0 Å². The van der Waals surface area contributed by atoms with E-state index < -0.39 is 0 Å². The highest BCUT2D eigenvalue weighted by Gasteiger charge is 2.16. The van der Waals surface area contributed by atoms with Gasteiger partial charge in [-0.15, -0.1) is 11.3 Å². The molecule has 1 aromatic heterocycles. The number of nitrogens with zero attached hydrogens (tertiary/aromatic N) is 2. The van der Waals surface area contributed by atoms with Gasteiger partial charge in [0.15, 0.2) is 0 Å². The van der Waals surface area contributed by atoms with Crippen molar-refractivity contribution in [2.24, 2.45) is 5.10 Å². The molecular weight excluding hydrogens is 302 g/mol. The monoisotopic (exact) mass is 325 g/mol. The lowest BCUT2D eigenvalue weighted by Gasteiger charge is -2.15. The van der Waals surface area contributed by atoms with Gasteiger partial charge in [0.2, 0.25) is 0 Å². The Hall–Kier alpha value is -0.950. The van der Waals surface area contributed by atoms with Crippen molar-refractivity contribution in [3.05, 3.63) is 23.1 Å². The minimum absolute atomic E-state index is 0.196. The number of nitrogens with one attached hydrogen (secondary N) is 1. The van der Waals surface area contributed by atoms with Gasteiger partial charge in [-0.3, -0.25) is 9.73 Å². The Morgan fingerprint density at radius 1 is 1.67 bits per heavy atom. The van der Waals surface area contributed by atoms with Crippen LogP contribution in [0.25, 0.3) is 5.70 Å². The second kappa shape index (κ2) is 7.89. The summed E-state index contributed by atoms with van der Waals surface area (Å²) in [5.41, 5.74) is 1.07. The summed E-state index contributed by atoms with van der Waals surface area (Å²) in [5, 5.41) is 5.74. The van der Waals surface area contributed by atoms with Crippen molar-refractivity contribution >= 4 is 40.3 Å². The zero-order valence-electron chi connectivity index (χ0n) is 12.7. The van der Waals surface area contributed by atoms with Gasteiger partial charge < -0.3 is 4.74 Å². The van der Waals surface area contributed by atoms with E-state index >= 15 is 0 Å². The average molecular weight is 326 g/mol. The first-order valence-electron chi connectivity index (χ1n) is 7.01. The van der Waals surface area contributed by atoms with Gasteiger partial charge in [0.05, 0.1) is 20.9 Å². The van der Waals surface area contributed by atoms with Crippen LogP contribution in [0, 0.1) is 0 Å². The molecule has 1 fully saturated rings. The van der Waals surface area contributed by atoms with Crippen molar-refractivity contribution < 1.29 is 4.74 Å². The fourth-order valence-electron chi connectivity index (χ4n) is 2.22. The van der Waals surface area contributed by atoms with Gasteiger partial charge in [0.1, 0.15) is 0 Å². The molecule has 0 aliphatic carbocycles. The smallest absolute Gasteiger partial charge is 0.0720 e. The molecule has 1 aliphatic rings. The summed E-state index contributed by atoms with van der Waals surface area (Å²) >= 11 is 1.75. The fraction of sp³-hybridized carbons (Fsp3) is 0.467. The first-order chi connectivity index (χ1) is 10.2. The number of ether oxygens (including phenoxy) is 1. The predicted molar refractivity (Wildman–Crippen MR) is 95.2 cm³/mol. The second-order valence-electron chi connectivity index (χ2n) is 4.83. The molecule has 2 atom stereocenters. The molecule has 0 spiro atoms. The molecular formula is C15H23N3OS2. The molecule has 21 heavy (non-hydrogen) atoms. The van der Waals surface area contributed by atoms with E-state index in [9.17, 15) is 0 Å². The normalized spacial score (nSPS) is 20.5. The molecule has 1 N–H and O–H groups in total. The minimum Gasteiger partial charge on any atom is -0.377 e. The molecule has 2 heterocycles. The summed E-state index contributed by atoms with van der Waals surface area (Å²) in [6, 6.07) is 4.26. The molecule has 6 heteroatoms. The van der Waals surface area contributed by atoms with E-state index in [1.54, 1.807) is 16.3 Å². The van der Waals surface area contributed by atoms with E-state index in [0.29, 0.717) is 6.10 Å². The van der Waals surface area contributed by atoms with Gasteiger partial charge in [-0.2, -0.15) is 5.10 Å². The maximum absolute atomic E-state index is 5.63. The Bertz CT molecular complexity index is 533. The predicted octanol–water partition coefficient (Wildman–Crippen LogP) is 3.40. The number of hydrogen-bond acceptors (Lipinski definition) is 5. The third kappa shape index (κ3) is 4.26. The van der Waals surface area contributed by atoms with Gasteiger partial charge in [0.25, 0.3) is 0 Å². The first-order valence-corrected chi connectivity index (χ1v) is 9.22. The van der Waals surface area contributed by atoms with Crippen LogP contribution in [-0.2, 0) is 4.74 Å². The molecule has 1 aliphatic heterocycles. The zero-order chi connectivity index (χ0) is 15.2. The van der Waals surface area contributed by atoms with E-state index in [4.69, 9.17) is 4.74 Å². The topological polar surface area (TPSA) is 36.9 Å². The Kier molecular flexibility index (Phi) is 6.17. The van der Waals surface area contributed by atoms with Crippen LogP contribution < -0.4 is 4.72 Å². The molecule has 2 rings (SSSR count). The van der Waals surface area contributed by atoms with Crippen LogP contribution >= 0.6 is 22.0 Å². The largest absolute Gasteiger partial charge is 0.377 e. The molecule has 1 aromatic rings. The fourth-order valence-corrected chi connectivity index (χ4v) is 4.68. The Morgan fingerprint density at radius 2 is 2.48 bits per heavy atom. The highest BCUT2D eigenvalue weighted by Crippen LogP contribution is 2.34. The van der Waals surface area contributed by atoms with E-state index in [2.05, 4.69) is 34.5 Å². The van der Waals surface area contributed by atoms with E-state index in [-0.39, 0.29) is 10.7 Å². The van der Waals surface area contributed by atoms with Gasteiger partial charge in [-0.1, -0.05) is 22.6 Å². The SMILES string of the molecule is C=NN(C)/C(=C\C)c1ccc(S(=C)NCC2CCCO2)s1. The van der Waals surface area contributed by atoms with Crippen LogP contribution in [0.2, 0.25) is 0 Å². The van der Waals surface area contributed by atoms with Crippen LogP contribution in [0.15, 0.2) is 27.5 Å². The number of hydrazone groups is 1. The molecule has 4 nitrogen and oxygen atoms in total. The van der Waals surface area contributed by atoms with E-state index in [0.717, 1.165) is 25.3 Å². The number of thiophene rings is 1. The summed E-state index contributed by atoms with van der Waals surface area (Å²) < 4.78 is 10.4. The van der Waals surface area contributed by atoms with Crippen LogP contribution in [0.5, 0.6) is 0 Å². The van der Waals surface area contributed by atoms with Crippen LogP contribution in [0.4, 0.5) is 0 Å². The van der Waals surface area contributed by atoms with Crippen LogP contribution in [-0.4, -0.2) is 43.9 Å². The highest BCUT2D eigenvalue weighted by molar-refractivity contribution is 8.13. The molecule has 116 valence electrons. The minimum atomic E-state index is -0.196. The van der Waals surface area contributed by atoms with Gasteiger partial charge in [-0.05, 0) is 31.9 Å². The highest BCUT2D eigenvalue weighted by atomic mass is 32.2. The Labute approximate surface area is 133 Å². The summed E-state index contributed by atoms with van der Waals surface area (Å²) in [6.07, 6.45) is 4.72. The number of allylic oxidation sites excluding steroid dienone is 1. The maximum atomic E-state index is 5.63. The molecule has 2 unspecified atom stereocenters. The number of hydrogen-bond donors (Lipinski definition) is 1. The van der Waals surface area contributed by atoms with Crippen LogP contribution in [0.3, 0.4) is 0 Å². The van der Waals surface area contributed by atoms with Crippen LogP contribution in [0.1, 0.15) is 24.6 Å². The molecule has 0 amide bonds. The van der Waals surface area contributed by atoms with Crippen molar-refractivity contribution in [2.75, 3.05) is 20.2 Å². The second-order valence-corrected chi connectivity index (χ2v) is 7.68. The van der Waals surface area contributed by atoms with E-state index in [1.165, 1.54) is 15.5 Å². The van der Waals surface area contributed by atoms with Crippen molar-refractivity contribution in [2.45, 2.75) is 30.1 Å². The first kappa shape index (κ1) is 16.4. The summed E-state index contributed by atoms with van der Waals surface area (Å²) in [4.78, 5) is 1.18. The Morgan fingerprint density at radius 3 is 3.10 bits per heavy atom. The third-order valence-electron chi connectivity index (χ3n) is 3.42. The lowest BCUT2D eigenvalue weighted by molar-refractivity contribution is 0.115. The van der Waals surface area contributed by atoms with Gasteiger partial charge in [0, 0.05) is 26.9 Å². The van der Waals surface area contributed by atoms with E-state index in [1.807, 2.05) is 20.0 Å². The summed E-state index contributed by atoms with van der Waals surface area (Å²) in [6.45, 7) is 7.36. The van der Waals surface area contributed by atoms with Crippen molar-refractivity contribution in [1.29, 1.82) is 0 Å². The summed E-state index contributed by atoms with van der Waals surface area (Å²) in [5.74, 6) is 4.24. The molecule has 0 saturated carbocycles. The number of rotatable bonds is 7. The quantitative estimate of drug-likeness (QED) is 0.474. The zero-order valence-corrected chi connectivity index (χ0v) is 14.3. The molecule has 0 radical (unpaired) electrons. The lowest BCUT2D eigenvalue weighted by Crippen LogP contribution is -2.21. The summed E-state index contributed by atoms with van der Waals surface area (Å²) in [7, 11) is 1.71. The average Bonchev–Trinajstić information content (AvgIpc) is 3.17. The van der Waals surface area contributed by atoms with Crippen molar-refractivity contribution in [3.63, 3.8) is 0 Å².